The van der Waals surface area contributed by atoms with E-state index in [1.165, 1.54) is 27.4 Å². The van der Waals surface area contributed by atoms with Crippen LogP contribution in [0.2, 0.25) is 0 Å². The van der Waals surface area contributed by atoms with E-state index in [0.29, 0.717) is 0 Å². The monoisotopic (exact) mass is 614 g/mol. The molecular formula is C23H28I2N4. The molecule has 0 atom stereocenters. The Morgan fingerprint density at radius 3 is 1.97 bits per heavy atom. The van der Waals surface area contributed by atoms with E-state index in [4.69, 9.17) is 0 Å². The van der Waals surface area contributed by atoms with Crippen LogP contribution in [0.3, 0.4) is 0 Å². The van der Waals surface area contributed by atoms with Crippen molar-refractivity contribution in [3.63, 3.8) is 0 Å². The van der Waals surface area contributed by atoms with Gasteiger partial charge >= 0.3 is 0 Å². The van der Waals surface area contributed by atoms with E-state index in [-0.39, 0.29) is 10.8 Å². The van der Waals surface area contributed by atoms with Crippen LogP contribution in [0, 0.1) is 7.40 Å². The summed E-state index contributed by atoms with van der Waals surface area (Å²) in [6, 6.07) is 13.1. The van der Waals surface area contributed by atoms with Crippen molar-refractivity contribution >= 4 is 67.0 Å². The fraction of sp³-hybridized carbons (Fsp3) is 0.391. The molecule has 29 heavy (non-hydrogen) atoms. The molecule has 2 aromatic carbocycles. The second kappa shape index (κ2) is 8.17. The first kappa shape index (κ1) is 22.5. The number of nitrogens with one attached hydrogen (secondary N) is 1. The summed E-state index contributed by atoms with van der Waals surface area (Å²) in [5, 5.41) is 14.1. The number of aromatic amines is 1. The quantitative estimate of drug-likeness (QED) is 0.218. The Labute approximate surface area is 200 Å². The number of aryl methyl sites for hydroxylation is 1. The van der Waals surface area contributed by atoms with Crippen molar-refractivity contribution in [1.82, 2.24) is 20.0 Å². The lowest BCUT2D eigenvalue weighted by atomic mass is 9.87. The lowest BCUT2D eigenvalue weighted by Gasteiger charge is -2.18. The highest BCUT2D eigenvalue weighted by molar-refractivity contribution is 14.1. The molecule has 0 aliphatic rings. The average molecular weight is 614 g/mol. The first-order chi connectivity index (χ1) is 13.4. The van der Waals surface area contributed by atoms with Gasteiger partial charge in [-0.3, -0.25) is 9.78 Å². The molecule has 4 aromatic rings. The molecule has 1 N–H and O–H groups in total. The maximum atomic E-state index is 4.42. The molecule has 0 saturated carbocycles. The minimum Gasteiger partial charge on any atom is -0.271 e. The van der Waals surface area contributed by atoms with Crippen molar-refractivity contribution in [2.24, 2.45) is 7.05 Å². The zero-order valence-corrected chi connectivity index (χ0v) is 22.4. The lowest BCUT2D eigenvalue weighted by molar-refractivity contribution is 0.590. The predicted molar refractivity (Wildman–Crippen MR) is 140 cm³/mol. The number of hydrogen-bond donors (Lipinski definition) is 1. The summed E-state index contributed by atoms with van der Waals surface area (Å²) in [5.41, 5.74) is 5.35. The Hall–Kier alpha value is -1.16. The standard InChI is InChI=1S/C12H15IN2.C11H13IN2/c1-12(2,3)8-5-6-9-10(7-8)15(4)14-11(9)13;1-11(2,3)7-4-5-8-9(6-7)13-14-10(8)12/h5-7H,1-4H3;4-6H,1-3H3,(H,13,14). The van der Waals surface area contributed by atoms with Crippen molar-refractivity contribution < 1.29 is 0 Å². The molecule has 0 aliphatic carbocycles. The molecule has 0 radical (unpaired) electrons. The van der Waals surface area contributed by atoms with E-state index in [2.05, 4.69) is 138 Å². The molecule has 154 valence electrons. The highest BCUT2D eigenvalue weighted by Gasteiger charge is 2.16. The maximum Gasteiger partial charge on any atom is 0.131 e. The molecule has 2 aromatic heterocycles. The number of fused-ring (bicyclic) bond motifs is 2. The van der Waals surface area contributed by atoms with Gasteiger partial charge in [0, 0.05) is 17.8 Å². The molecule has 4 nitrogen and oxygen atoms in total. The van der Waals surface area contributed by atoms with E-state index in [1.54, 1.807) is 0 Å². The number of hydrogen-bond acceptors (Lipinski definition) is 2. The second-order valence-electron chi connectivity index (χ2n) is 9.42. The minimum atomic E-state index is 0.193. The van der Waals surface area contributed by atoms with Crippen molar-refractivity contribution in [1.29, 1.82) is 0 Å². The molecule has 2 heterocycles. The average Bonchev–Trinajstić information content (AvgIpc) is 3.14. The van der Waals surface area contributed by atoms with Crippen LogP contribution in [0.25, 0.3) is 21.8 Å². The first-order valence-corrected chi connectivity index (χ1v) is 11.8. The Morgan fingerprint density at radius 2 is 1.38 bits per heavy atom. The van der Waals surface area contributed by atoms with Gasteiger partial charge in [-0.05, 0) is 91.4 Å². The van der Waals surface area contributed by atoms with Crippen molar-refractivity contribution in [2.75, 3.05) is 0 Å². The van der Waals surface area contributed by atoms with Gasteiger partial charge in [0.1, 0.15) is 7.40 Å². The lowest BCUT2D eigenvalue weighted by Crippen LogP contribution is -2.10. The van der Waals surface area contributed by atoms with Crippen molar-refractivity contribution in [2.45, 2.75) is 52.4 Å². The van der Waals surface area contributed by atoms with Crippen LogP contribution >= 0.6 is 45.2 Å². The van der Waals surface area contributed by atoms with Gasteiger partial charge in [0.05, 0.1) is 11.0 Å². The summed E-state index contributed by atoms with van der Waals surface area (Å²) < 4.78 is 4.13. The smallest absolute Gasteiger partial charge is 0.131 e. The number of rotatable bonds is 0. The minimum absolute atomic E-state index is 0.193. The highest BCUT2D eigenvalue weighted by Crippen LogP contribution is 2.28. The molecule has 0 bridgehead atoms. The van der Waals surface area contributed by atoms with Crippen LogP contribution in [-0.4, -0.2) is 20.0 Å². The van der Waals surface area contributed by atoms with Crippen LogP contribution in [0.15, 0.2) is 36.4 Å². The maximum absolute atomic E-state index is 4.42. The predicted octanol–water partition coefficient (Wildman–Crippen LogP) is 6.94. The number of H-pyrrole nitrogens is 1. The number of benzene rings is 2. The van der Waals surface area contributed by atoms with Crippen molar-refractivity contribution in [3.05, 3.63) is 54.9 Å². The Balaban J connectivity index is 0.000000166. The second-order valence-corrected chi connectivity index (χ2v) is 11.5. The van der Waals surface area contributed by atoms with Crippen molar-refractivity contribution in [3.8, 4) is 0 Å². The van der Waals surface area contributed by atoms with Crippen LogP contribution < -0.4 is 0 Å². The van der Waals surface area contributed by atoms with Crippen LogP contribution in [0.5, 0.6) is 0 Å². The molecule has 0 spiro atoms. The van der Waals surface area contributed by atoms with Gasteiger partial charge < -0.3 is 0 Å². The van der Waals surface area contributed by atoms with Gasteiger partial charge in [-0.1, -0.05) is 53.7 Å². The van der Waals surface area contributed by atoms with Gasteiger partial charge in [-0.25, -0.2) is 0 Å². The van der Waals surface area contributed by atoms with Crippen LogP contribution in [0.1, 0.15) is 52.7 Å². The Bertz CT molecular complexity index is 1160. The zero-order chi connectivity index (χ0) is 21.6. The van der Waals surface area contributed by atoms with E-state index in [0.717, 1.165) is 12.9 Å². The number of aromatic nitrogens is 4. The summed E-state index contributed by atoms with van der Waals surface area (Å²) in [5.74, 6) is 0. The third-order valence-corrected chi connectivity index (χ3v) is 6.67. The van der Waals surface area contributed by atoms with Gasteiger partial charge in [0.2, 0.25) is 0 Å². The third-order valence-electron chi connectivity index (χ3n) is 5.05. The van der Waals surface area contributed by atoms with E-state index in [9.17, 15) is 0 Å². The summed E-state index contributed by atoms with van der Waals surface area (Å²) in [6.07, 6.45) is 0. The third kappa shape index (κ3) is 4.95. The normalized spacial score (nSPS) is 12.3. The highest BCUT2D eigenvalue weighted by atomic mass is 127. The van der Waals surface area contributed by atoms with Crippen LogP contribution in [0.4, 0.5) is 0 Å². The molecule has 0 unspecified atom stereocenters. The number of nitrogens with zero attached hydrogens (tertiary/aromatic N) is 3. The topological polar surface area (TPSA) is 46.5 Å². The Kier molecular flexibility index (Phi) is 6.34. The van der Waals surface area contributed by atoms with Gasteiger partial charge in [0.25, 0.3) is 0 Å². The van der Waals surface area contributed by atoms with Crippen LogP contribution in [-0.2, 0) is 17.9 Å². The summed E-state index contributed by atoms with van der Waals surface area (Å²) in [6.45, 7) is 13.3. The molecule has 6 heteroatoms. The van der Waals surface area contributed by atoms with E-state index in [1.807, 2.05) is 11.7 Å². The molecule has 0 fully saturated rings. The fourth-order valence-corrected chi connectivity index (χ4v) is 4.48. The Morgan fingerprint density at radius 1 is 0.828 bits per heavy atom. The largest absolute Gasteiger partial charge is 0.271 e. The summed E-state index contributed by atoms with van der Waals surface area (Å²) >= 11 is 4.55. The van der Waals surface area contributed by atoms with E-state index >= 15 is 0 Å². The molecule has 4 rings (SSSR count). The van der Waals surface area contributed by atoms with Gasteiger partial charge in [-0.2, -0.15) is 10.2 Å². The molecule has 0 aliphatic heterocycles. The molecular weight excluding hydrogens is 586 g/mol. The SMILES string of the molecule is CC(C)(C)c1ccc2c(I)[nH]nc2c1.Cn1nc(I)c2ccc(C(C)(C)C)cc21. The zero-order valence-electron chi connectivity index (χ0n) is 18.1. The number of halogens is 2. The summed E-state index contributed by atoms with van der Waals surface area (Å²) in [4.78, 5) is 0. The summed E-state index contributed by atoms with van der Waals surface area (Å²) in [7, 11) is 2.00. The molecule has 0 saturated heterocycles. The van der Waals surface area contributed by atoms with E-state index < -0.39 is 0 Å². The fourth-order valence-electron chi connectivity index (χ4n) is 3.13. The van der Waals surface area contributed by atoms with Gasteiger partial charge in [0.15, 0.2) is 0 Å². The first-order valence-electron chi connectivity index (χ1n) is 9.65. The van der Waals surface area contributed by atoms with Gasteiger partial charge in [-0.15, -0.1) is 0 Å². The molecule has 0 amide bonds.